The quantitative estimate of drug-likeness (QED) is 0.707. The molecule has 0 saturated heterocycles. The van der Waals surface area contributed by atoms with Crippen LogP contribution in [0.5, 0.6) is 0 Å². The van der Waals surface area contributed by atoms with Crippen molar-refractivity contribution in [3.8, 4) is 0 Å². The zero-order valence-electron chi connectivity index (χ0n) is 12.1. The first-order valence-electron chi connectivity index (χ1n) is 7.17. The van der Waals surface area contributed by atoms with E-state index in [1.807, 2.05) is 0 Å². The molecule has 2 rings (SSSR count). The summed E-state index contributed by atoms with van der Waals surface area (Å²) in [6, 6.07) is 8.48. The van der Waals surface area contributed by atoms with Gasteiger partial charge in [0.1, 0.15) is 5.82 Å². The van der Waals surface area contributed by atoms with E-state index in [1.54, 1.807) is 0 Å². The highest BCUT2D eigenvalue weighted by atomic mass is 79.9. The summed E-state index contributed by atoms with van der Waals surface area (Å²) in [7, 11) is 0. The first kappa shape index (κ1) is 14.6. The van der Waals surface area contributed by atoms with Crippen LogP contribution in [-0.4, -0.2) is 14.9 Å². The van der Waals surface area contributed by atoms with Gasteiger partial charge >= 0.3 is 0 Å². The van der Waals surface area contributed by atoms with E-state index in [-0.39, 0.29) is 0 Å². The highest BCUT2D eigenvalue weighted by Gasteiger charge is 2.17. The second kappa shape index (κ2) is 6.56. The van der Waals surface area contributed by atoms with Crippen molar-refractivity contribution >= 4 is 27.0 Å². The van der Waals surface area contributed by atoms with E-state index in [0.717, 1.165) is 30.2 Å². The van der Waals surface area contributed by atoms with Gasteiger partial charge in [-0.1, -0.05) is 48.8 Å². The molecule has 104 valence electrons. The van der Waals surface area contributed by atoms with Gasteiger partial charge < -0.3 is 4.57 Å². The van der Waals surface area contributed by atoms with E-state index in [1.165, 1.54) is 11.3 Å². The van der Waals surface area contributed by atoms with Gasteiger partial charge in [-0.15, -0.1) is 0 Å². The van der Waals surface area contributed by atoms with Crippen LogP contribution in [0, 0.1) is 11.8 Å². The molecule has 1 aromatic heterocycles. The topological polar surface area (TPSA) is 17.8 Å². The number of aryl methyl sites for hydroxylation is 1. The standard InChI is InChI=1S/C16H23BrN2/c1-4-7-16-18-14-8-5-6-9-15(14)19(16)11-13(10-17)12(2)3/h5-6,8-9,12-13H,4,7,10-11H2,1-3H3. The summed E-state index contributed by atoms with van der Waals surface area (Å²) in [5, 5.41) is 1.04. The predicted octanol–water partition coefficient (Wildman–Crippen LogP) is 4.66. The fourth-order valence-electron chi connectivity index (χ4n) is 2.42. The van der Waals surface area contributed by atoms with Crippen LogP contribution in [0.25, 0.3) is 11.0 Å². The largest absolute Gasteiger partial charge is 0.328 e. The number of hydrogen-bond donors (Lipinski definition) is 0. The molecule has 2 nitrogen and oxygen atoms in total. The molecule has 1 heterocycles. The molecule has 0 bridgehead atoms. The van der Waals surface area contributed by atoms with E-state index >= 15 is 0 Å². The Kier molecular flexibility index (Phi) is 5.03. The van der Waals surface area contributed by atoms with Gasteiger partial charge in [0.15, 0.2) is 0 Å². The maximum Gasteiger partial charge on any atom is 0.109 e. The van der Waals surface area contributed by atoms with E-state index in [9.17, 15) is 0 Å². The number of hydrogen-bond acceptors (Lipinski definition) is 1. The average Bonchev–Trinajstić information content (AvgIpc) is 2.73. The Bertz CT molecular complexity index is 531. The lowest BCUT2D eigenvalue weighted by molar-refractivity contribution is 0.372. The van der Waals surface area contributed by atoms with Crippen LogP contribution in [0.1, 0.15) is 33.0 Å². The molecule has 3 heteroatoms. The number of nitrogens with zero attached hydrogens (tertiary/aromatic N) is 2. The maximum absolute atomic E-state index is 4.80. The lowest BCUT2D eigenvalue weighted by Gasteiger charge is -2.20. The lowest BCUT2D eigenvalue weighted by atomic mass is 9.98. The molecular weight excluding hydrogens is 300 g/mol. The Balaban J connectivity index is 2.40. The molecule has 1 atom stereocenters. The third-order valence-electron chi connectivity index (χ3n) is 3.77. The van der Waals surface area contributed by atoms with Crippen molar-refractivity contribution in [2.45, 2.75) is 40.2 Å². The van der Waals surface area contributed by atoms with Gasteiger partial charge in [-0.2, -0.15) is 0 Å². The molecule has 0 aliphatic rings. The molecule has 0 fully saturated rings. The maximum atomic E-state index is 4.80. The Hall–Kier alpha value is -0.830. The molecule has 1 unspecified atom stereocenters. The normalized spacial score (nSPS) is 13.3. The molecule has 1 aromatic carbocycles. The van der Waals surface area contributed by atoms with Gasteiger partial charge in [0.05, 0.1) is 11.0 Å². The summed E-state index contributed by atoms with van der Waals surface area (Å²) < 4.78 is 2.42. The van der Waals surface area contributed by atoms with Crippen LogP contribution in [0.3, 0.4) is 0 Å². The zero-order valence-corrected chi connectivity index (χ0v) is 13.7. The van der Waals surface area contributed by atoms with E-state index < -0.39 is 0 Å². The van der Waals surface area contributed by atoms with Gasteiger partial charge in [-0.25, -0.2) is 4.98 Å². The minimum Gasteiger partial charge on any atom is -0.328 e. The van der Waals surface area contributed by atoms with Crippen molar-refractivity contribution in [1.82, 2.24) is 9.55 Å². The van der Waals surface area contributed by atoms with Crippen LogP contribution >= 0.6 is 15.9 Å². The number of benzene rings is 1. The molecule has 0 aliphatic heterocycles. The molecule has 0 aliphatic carbocycles. The molecule has 0 spiro atoms. The third-order valence-corrected chi connectivity index (χ3v) is 4.60. The van der Waals surface area contributed by atoms with Crippen molar-refractivity contribution in [2.24, 2.45) is 11.8 Å². The Labute approximate surface area is 124 Å². The van der Waals surface area contributed by atoms with E-state index in [4.69, 9.17) is 4.98 Å². The molecule has 19 heavy (non-hydrogen) atoms. The second-order valence-electron chi connectivity index (χ2n) is 5.54. The third kappa shape index (κ3) is 3.19. The van der Waals surface area contributed by atoms with Crippen LogP contribution in [0.4, 0.5) is 0 Å². The zero-order chi connectivity index (χ0) is 13.8. The van der Waals surface area contributed by atoms with Gasteiger partial charge in [-0.3, -0.25) is 0 Å². The van der Waals surface area contributed by atoms with E-state index in [0.29, 0.717) is 11.8 Å². The first-order valence-corrected chi connectivity index (χ1v) is 8.29. The number of alkyl halides is 1. The summed E-state index contributed by atoms with van der Waals surface area (Å²) >= 11 is 3.66. The summed E-state index contributed by atoms with van der Waals surface area (Å²) in [6.45, 7) is 7.86. The number of fused-ring (bicyclic) bond motifs is 1. The Morgan fingerprint density at radius 1 is 1.26 bits per heavy atom. The molecule has 2 aromatic rings. The number of imidazole rings is 1. The minimum atomic E-state index is 0.646. The Morgan fingerprint density at radius 2 is 2.00 bits per heavy atom. The lowest BCUT2D eigenvalue weighted by Crippen LogP contribution is -2.19. The first-order chi connectivity index (χ1) is 9.17. The fourth-order valence-corrected chi connectivity index (χ4v) is 3.37. The van der Waals surface area contributed by atoms with E-state index in [2.05, 4.69) is 65.5 Å². The summed E-state index contributed by atoms with van der Waals surface area (Å²) in [5.74, 6) is 2.55. The molecule has 0 N–H and O–H groups in total. The summed E-state index contributed by atoms with van der Waals surface area (Å²) in [4.78, 5) is 4.80. The fraction of sp³-hybridized carbons (Fsp3) is 0.562. The van der Waals surface area contributed by atoms with Crippen LogP contribution in [-0.2, 0) is 13.0 Å². The molecular formula is C16H23BrN2. The van der Waals surface area contributed by atoms with Crippen LogP contribution < -0.4 is 0 Å². The van der Waals surface area contributed by atoms with Crippen molar-refractivity contribution in [3.63, 3.8) is 0 Å². The van der Waals surface area contributed by atoms with Gasteiger partial charge in [0.25, 0.3) is 0 Å². The SMILES string of the molecule is CCCc1nc2ccccc2n1CC(CBr)C(C)C. The summed E-state index contributed by atoms with van der Waals surface area (Å²) in [6.07, 6.45) is 2.20. The molecule has 0 amide bonds. The van der Waals surface area contributed by atoms with Gasteiger partial charge in [-0.05, 0) is 30.4 Å². The van der Waals surface area contributed by atoms with Crippen molar-refractivity contribution in [3.05, 3.63) is 30.1 Å². The summed E-state index contributed by atoms with van der Waals surface area (Å²) in [5.41, 5.74) is 2.40. The number of para-hydroxylation sites is 2. The molecule has 0 radical (unpaired) electrons. The number of halogens is 1. The van der Waals surface area contributed by atoms with Crippen molar-refractivity contribution < 1.29 is 0 Å². The highest BCUT2D eigenvalue weighted by Crippen LogP contribution is 2.22. The van der Waals surface area contributed by atoms with Crippen molar-refractivity contribution in [2.75, 3.05) is 5.33 Å². The highest BCUT2D eigenvalue weighted by molar-refractivity contribution is 9.09. The van der Waals surface area contributed by atoms with Gasteiger partial charge in [0, 0.05) is 18.3 Å². The molecule has 0 saturated carbocycles. The van der Waals surface area contributed by atoms with Crippen molar-refractivity contribution in [1.29, 1.82) is 0 Å². The number of aromatic nitrogens is 2. The van der Waals surface area contributed by atoms with Crippen LogP contribution in [0.2, 0.25) is 0 Å². The predicted molar refractivity (Wildman–Crippen MR) is 85.9 cm³/mol. The minimum absolute atomic E-state index is 0.646. The Morgan fingerprint density at radius 3 is 2.63 bits per heavy atom. The smallest absolute Gasteiger partial charge is 0.109 e. The van der Waals surface area contributed by atoms with Gasteiger partial charge in [0.2, 0.25) is 0 Å². The second-order valence-corrected chi connectivity index (χ2v) is 6.18. The monoisotopic (exact) mass is 322 g/mol. The van der Waals surface area contributed by atoms with Crippen LogP contribution in [0.15, 0.2) is 24.3 Å². The average molecular weight is 323 g/mol. The number of rotatable bonds is 6.